The van der Waals surface area contributed by atoms with E-state index < -0.39 is 11.7 Å². The molecule has 1 aromatic rings. The predicted molar refractivity (Wildman–Crippen MR) is 68.9 cm³/mol. The Hall–Kier alpha value is -1.56. The molecule has 1 saturated heterocycles. The Morgan fingerprint density at radius 3 is 2.40 bits per heavy atom. The van der Waals surface area contributed by atoms with Crippen molar-refractivity contribution in [2.75, 3.05) is 6.54 Å². The Balaban J connectivity index is 2.02. The van der Waals surface area contributed by atoms with Crippen molar-refractivity contribution in [1.29, 1.82) is 0 Å². The predicted octanol–water partition coefficient (Wildman–Crippen LogP) is 2.20. The number of rotatable bonds is 2. The molecule has 1 amide bonds. The topological polar surface area (TPSA) is 46.3 Å². The van der Waals surface area contributed by atoms with Gasteiger partial charge in [-0.25, -0.2) is 0 Å². The third kappa shape index (κ3) is 3.12. The van der Waals surface area contributed by atoms with E-state index in [-0.39, 0.29) is 24.4 Å². The Bertz CT molecular complexity index is 484. The second-order valence-corrected chi connectivity index (χ2v) is 5.15. The summed E-state index contributed by atoms with van der Waals surface area (Å²) in [6.07, 6.45) is -3.48. The van der Waals surface area contributed by atoms with Crippen molar-refractivity contribution >= 4 is 5.91 Å². The number of hydrogen-bond acceptors (Lipinski definition) is 2. The van der Waals surface area contributed by atoms with Gasteiger partial charge in [-0.1, -0.05) is 12.1 Å². The zero-order chi connectivity index (χ0) is 14.9. The molecule has 0 aliphatic carbocycles. The fraction of sp³-hybridized carbons (Fsp3) is 0.500. The molecule has 2 unspecified atom stereocenters. The lowest BCUT2D eigenvalue weighted by Gasteiger charge is -2.23. The highest BCUT2D eigenvalue weighted by molar-refractivity contribution is 5.79. The molecular weight excluding hydrogens is 269 g/mol. The van der Waals surface area contributed by atoms with Crippen molar-refractivity contribution in [3.63, 3.8) is 0 Å². The maximum absolute atomic E-state index is 12.4. The minimum absolute atomic E-state index is 0.0167. The van der Waals surface area contributed by atoms with E-state index >= 15 is 0 Å². The monoisotopic (exact) mass is 286 g/mol. The standard InChI is InChI=1S/C14H17F3N2O/c1-9-12(18)6-7-19(9)13(20)8-10-2-4-11(5-3-10)14(15,16)17/h2-5,9,12H,6-8,18H2,1H3. The molecule has 1 heterocycles. The van der Waals surface area contributed by atoms with E-state index in [4.69, 9.17) is 5.73 Å². The number of nitrogens with two attached hydrogens (primary N) is 1. The summed E-state index contributed by atoms with van der Waals surface area (Å²) < 4.78 is 37.3. The first-order valence-corrected chi connectivity index (χ1v) is 6.50. The van der Waals surface area contributed by atoms with Crippen LogP contribution in [-0.4, -0.2) is 29.4 Å². The van der Waals surface area contributed by atoms with Crippen LogP contribution in [-0.2, 0) is 17.4 Å². The zero-order valence-corrected chi connectivity index (χ0v) is 11.2. The van der Waals surface area contributed by atoms with E-state index in [0.717, 1.165) is 18.6 Å². The largest absolute Gasteiger partial charge is 0.416 e. The van der Waals surface area contributed by atoms with Crippen LogP contribution >= 0.6 is 0 Å². The summed E-state index contributed by atoms with van der Waals surface area (Å²) >= 11 is 0. The number of benzene rings is 1. The average Bonchev–Trinajstić information content (AvgIpc) is 2.69. The lowest BCUT2D eigenvalue weighted by atomic mass is 10.1. The van der Waals surface area contributed by atoms with Gasteiger partial charge in [-0.15, -0.1) is 0 Å². The number of amides is 1. The number of alkyl halides is 3. The third-order valence-corrected chi connectivity index (χ3v) is 3.77. The van der Waals surface area contributed by atoms with E-state index in [9.17, 15) is 18.0 Å². The van der Waals surface area contributed by atoms with Crippen LogP contribution in [0.25, 0.3) is 0 Å². The molecule has 0 spiro atoms. The van der Waals surface area contributed by atoms with Crippen molar-refractivity contribution in [2.45, 2.75) is 38.0 Å². The van der Waals surface area contributed by atoms with Gasteiger partial charge >= 0.3 is 6.18 Å². The van der Waals surface area contributed by atoms with Gasteiger partial charge in [0.05, 0.1) is 12.0 Å². The fourth-order valence-electron chi connectivity index (χ4n) is 2.40. The molecule has 6 heteroatoms. The van der Waals surface area contributed by atoms with E-state index in [1.807, 2.05) is 6.92 Å². The van der Waals surface area contributed by atoms with E-state index in [1.165, 1.54) is 12.1 Å². The Labute approximate surface area is 115 Å². The van der Waals surface area contributed by atoms with Crippen LogP contribution < -0.4 is 5.73 Å². The van der Waals surface area contributed by atoms with E-state index in [2.05, 4.69) is 0 Å². The first-order chi connectivity index (χ1) is 9.29. The van der Waals surface area contributed by atoms with Crippen LogP contribution in [0.1, 0.15) is 24.5 Å². The molecule has 2 N–H and O–H groups in total. The Morgan fingerprint density at radius 2 is 1.95 bits per heavy atom. The maximum Gasteiger partial charge on any atom is 0.416 e. The lowest BCUT2D eigenvalue weighted by molar-refractivity contribution is -0.137. The van der Waals surface area contributed by atoms with Crippen LogP contribution in [0.3, 0.4) is 0 Å². The molecule has 0 radical (unpaired) electrons. The molecule has 1 aromatic carbocycles. The van der Waals surface area contributed by atoms with Crippen molar-refractivity contribution in [3.8, 4) is 0 Å². The van der Waals surface area contributed by atoms with Crippen molar-refractivity contribution in [2.24, 2.45) is 5.73 Å². The summed E-state index contributed by atoms with van der Waals surface area (Å²) in [5.74, 6) is -0.0924. The quantitative estimate of drug-likeness (QED) is 0.906. The number of carbonyl (C=O) groups is 1. The summed E-state index contributed by atoms with van der Waals surface area (Å²) in [5, 5.41) is 0. The van der Waals surface area contributed by atoms with Crippen LogP contribution in [0.2, 0.25) is 0 Å². The highest BCUT2D eigenvalue weighted by Gasteiger charge is 2.32. The average molecular weight is 286 g/mol. The van der Waals surface area contributed by atoms with Crippen LogP contribution in [0.5, 0.6) is 0 Å². The molecule has 2 atom stereocenters. The Morgan fingerprint density at radius 1 is 1.35 bits per heavy atom. The minimum Gasteiger partial charge on any atom is -0.338 e. The van der Waals surface area contributed by atoms with Gasteiger partial charge in [0.25, 0.3) is 0 Å². The molecular formula is C14H17F3N2O. The van der Waals surface area contributed by atoms with E-state index in [0.29, 0.717) is 12.1 Å². The van der Waals surface area contributed by atoms with E-state index in [1.54, 1.807) is 4.90 Å². The highest BCUT2D eigenvalue weighted by Crippen LogP contribution is 2.29. The normalized spacial score (nSPS) is 23.1. The molecule has 0 aromatic heterocycles. The number of carbonyl (C=O) groups excluding carboxylic acids is 1. The number of halogens is 3. The molecule has 1 aliphatic heterocycles. The van der Waals surface area contributed by atoms with Gasteiger partial charge in [0.15, 0.2) is 0 Å². The Kier molecular flexibility index (Phi) is 4.04. The molecule has 0 saturated carbocycles. The first-order valence-electron chi connectivity index (χ1n) is 6.50. The fourth-order valence-corrected chi connectivity index (χ4v) is 2.40. The van der Waals surface area contributed by atoms with Gasteiger partial charge < -0.3 is 10.6 Å². The van der Waals surface area contributed by atoms with Crippen LogP contribution in [0.4, 0.5) is 13.2 Å². The summed E-state index contributed by atoms with van der Waals surface area (Å²) in [4.78, 5) is 13.8. The van der Waals surface area contributed by atoms with Crippen LogP contribution in [0, 0.1) is 0 Å². The van der Waals surface area contributed by atoms with Crippen molar-refractivity contribution in [3.05, 3.63) is 35.4 Å². The molecule has 0 bridgehead atoms. The second-order valence-electron chi connectivity index (χ2n) is 5.15. The zero-order valence-electron chi connectivity index (χ0n) is 11.2. The smallest absolute Gasteiger partial charge is 0.338 e. The SMILES string of the molecule is CC1C(N)CCN1C(=O)Cc1ccc(C(F)(F)F)cc1. The molecule has 1 fully saturated rings. The minimum atomic E-state index is -4.35. The van der Waals surface area contributed by atoms with Gasteiger partial charge in [-0.3, -0.25) is 4.79 Å². The maximum atomic E-state index is 12.4. The molecule has 2 rings (SSSR count). The molecule has 110 valence electrons. The summed E-state index contributed by atoms with van der Waals surface area (Å²) in [6, 6.07) is 4.66. The highest BCUT2D eigenvalue weighted by atomic mass is 19.4. The van der Waals surface area contributed by atoms with Crippen molar-refractivity contribution < 1.29 is 18.0 Å². The van der Waals surface area contributed by atoms with Gasteiger partial charge in [-0.2, -0.15) is 13.2 Å². The molecule has 20 heavy (non-hydrogen) atoms. The molecule has 1 aliphatic rings. The van der Waals surface area contributed by atoms with Gasteiger partial charge in [0.1, 0.15) is 0 Å². The number of nitrogens with zero attached hydrogens (tertiary/aromatic N) is 1. The summed E-state index contributed by atoms with van der Waals surface area (Å²) in [7, 11) is 0. The lowest BCUT2D eigenvalue weighted by Crippen LogP contribution is -2.41. The number of hydrogen-bond donors (Lipinski definition) is 1. The third-order valence-electron chi connectivity index (χ3n) is 3.77. The van der Waals surface area contributed by atoms with Crippen molar-refractivity contribution in [1.82, 2.24) is 4.90 Å². The van der Waals surface area contributed by atoms with Gasteiger partial charge in [-0.05, 0) is 31.0 Å². The van der Waals surface area contributed by atoms with Gasteiger partial charge in [0, 0.05) is 18.6 Å². The number of likely N-dealkylation sites (tertiary alicyclic amines) is 1. The molecule has 3 nitrogen and oxygen atoms in total. The summed E-state index contributed by atoms with van der Waals surface area (Å²) in [5.41, 5.74) is 5.72. The first kappa shape index (κ1) is 14.8. The van der Waals surface area contributed by atoms with Gasteiger partial charge in [0.2, 0.25) is 5.91 Å². The summed E-state index contributed by atoms with van der Waals surface area (Å²) in [6.45, 7) is 2.50. The van der Waals surface area contributed by atoms with Crippen LogP contribution in [0.15, 0.2) is 24.3 Å². The second kappa shape index (κ2) is 5.44.